The van der Waals surface area contributed by atoms with Crippen LogP contribution in [0, 0.1) is 0 Å². The second-order valence-electron chi connectivity index (χ2n) is 3.34. The van der Waals surface area contributed by atoms with Crippen LogP contribution in [0.5, 0.6) is 0 Å². The number of aromatic nitrogens is 3. The Balaban J connectivity index is 2.08. The van der Waals surface area contributed by atoms with Crippen molar-refractivity contribution in [1.29, 1.82) is 0 Å². The van der Waals surface area contributed by atoms with E-state index in [2.05, 4.69) is 15.0 Å². The Morgan fingerprint density at radius 3 is 2.40 bits per heavy atom. The molecule has 0 radical (unpaired) electrons. The fourth-order valence-electron chi connectivity index (χ4n) is 1.39. The molecule has 4 heteroatoms. The summed E-state index contributed by atoms with van der Waals surface area (Å²) in [6.07, 6.45) is 9.31. The first kappa shape index (κ1) is 9.73. The molecule has 0 bridgehead atoms. The highest BCUT2D eigenvalue weighted by Crippen LogP contribution is 2.13. The van der Waals surface area contributed by atoms with E-state index in [-0.39, 0.29) is 6.04 Å². The predicted molar refractivity (Wildman–Crippen MR) is 56.9 cm³/mol. The minimum atomic E-state index is -0.0615. The summed E-state index contributed by atoms with van der Waals surface area (Å²) in [7, 11) is 0. The Morgan fingerprint density at radius 2 is 1.73 bits per heavy atom. The van der Waals surface area contributed by atoms with Crippen LogP contribution in [0.15, 0.2) is 43.2 Å². The van der Waals surface area contributed by atoms with Gasteiger partial charge in [0.05, 0.1) is 0 Å². The number of rotatable bonds is 3. The Labute approximate surface area is 88.2 Å². The SMILES string of the molecule is NC(Cc1ccncc1)c1cncnc1. The average molecular weight is 200 g/mol. The third-order valence-corrected chi connectivity index (χ3v) is 2.21. The molecule has 76 valence electrons. The minimum Gasteiger partial charge on any atom is -0.324 e. The summed E-state index contributed by atoms with van der Waals surface area (Å²) in [5.41, 5.74) is 8.15. The standard InChI is InChI=1S/C11H12N4/c12-11(10-6-14-8-15-7-10)5-9-1-3-13-4-2-9/h1-4,6-8,11H,5,12H2. The molecule has 0 saturated heterocycles. The fourth-order valence-corrected chi connectivity index (χ4v) is 1.39. The van der Waals surface area contributed by atoms with E-state index in [9.17, 15) is 0 Å². The fraction of sp³-hybridized carbons (Fsp3) is 0.182. The maximum absolute atomic E-state index is 6.03. The largest absolute Gasteiger partial charge is 0.324 e. The smallest absolute Gasteiger partial charge is 0.115 e. The molecular weight excluding hydrogens is 188 g/mol. The molecule has 2 aromatic rings. The molecular formula is C11H12N4. The van der Waals surface area contributed by atoms with Gasteiger partial charge in [0.1, 0.15) is 6.33 Å². The molecule has 0 aromatic carbocycles. The van der Waals surface area contributed by atoms with Crippen molar-refractivity contribution in [2.24, 2.45) is 5.73 Å². The quantitative estimate of drug-likeness (QED) is 0.806. The monoisotopic (exact) mass is 200 g/mol. The molecule has 0 aliphatic carbocycles. The van der Waals surface area contributed by atoms with Gasteiger partial charge < -0.3 is 5.73 Å². The van der Waals surface area contributed by atoms with E-state index in [1.54, 1.807) is 24.8 Å². The molecule has 0 aliphatic rings. The van der Waals surface area contributed by atoms with Gasteiger partial charge in [0.25, 0.3) is 0 Å². The summed E-state index contributed by atoms with van der Waals surface area (Å²) in [6.45, 7) is 0. The highest BCUT2D eigenvalue weighted by atomic mass is 14.8. The van der Waals surface area contributed by atoms with Crippen molar-refractivity contribution in [3.05, 3.63) is 54.4 Å². The minimum absolute atomic E-state index is 0.0615. The van der Waals surface area contributed by atoms with Crippen molar-refractivity contribution in [3.63, 3.8) is 0 Å². The van der Waals surface area contributed by atoms with Gasteiger partial charge in [-0.2, -0.15) is 0 Å². The Kier molecular flexibility index (Phi) is 2.99. The number of nitrogens with two attached hydrogens (primary N) is 1. The summed E-state index contributed by atoms with van der Waals surface area (Å²) >= 11 is 0. The Bertz CT molecular complexity index is 401. The maximum atomic E-state index is 6.03. The van der Waals surface area contributed by atoms with Gasteiger partial charge in [-0.3, -0.25) is 4.98 Å². The Hall–Kier alpha value is -1.81. The summed E-state index contributed by atoms with van der Waals surface area (Å²) < 4.78 is 0. The van der Waals surface area contributed by atoms with Gasteiger partial charge >= 0.3 is 0 Å². The molecule has 0 saturated carbocycles. The van der Waals surface area contributed by atoms with Gasteiger partial charge in [-0.1, -0.05) is 0 Å². The molecule has 2 heterocycles. The first-order chi connectivity index (χ1) is 7.36. The lowest BCUT2D eigenvalue weighted by molar-refractivity contribution is 0.712. The van der Waals surface area contributed by atoms with Gasteiger partial charge in [-0.15, -0.1) is 0 Å². The third kappa shape index (κ3) is 2.57. The van der Waals surface area contributed by atoms with E-state index in [0.717, 1.165) is 12.0 Å². The second-order valence-corrected chi connectivity index (χ2v) is 3.34. The van der Waals surface area contributed by atoms with E-state index in [1.165, 1.54) is 11.9 Å². The lowest BCUT2D eigenvalue weighted by atomic mass is 10.0. The first-order valence-corrected chi connectivity index (χ1v) is 4.75. The van der Waals surface area contributed by atoms with Crippen molar-refractivity contribution < 1.29 is 0 Å². The molecule has 2 N–H and O–H groups in total. The second kappa shape index (κ2) is 4.61. The van der Waals surface area contributed by atoms with Gasteiger partial charge in [-0.05, 0) is 24.1 Å². The van der Waals surface area contributed by atoms with Crippen LogP contribution in [0.25, 0.3) is 0 Å². The van der Waals surface area contributed by atoms with E-state index >= 15 is 0 Å². The number of pyridine rings is 1. The van der Waals surface area contributed by atoms with Crippen molar-refractivity contribution in [2.75, 3.05) is 0 Å². The van der Waals surface area contributed by atoms with Crippen LogP contribution in [0.2, 0.25) is 0 Å². The maximum Gasteiger partial charge on any atom is 0.115 e. The van der Waals surface area contributed by atoms with E-state index in [1.807, 2.05) is 12.1 Å². The van der Waals surface area contributed by atoms with Crippen molar-refractivity contribution >= 4 is 0 Å². The average Bonchev–Trinajstić information content (AvgIpc) is 2.31. The lowest BCUT2D eigenvalue weighted by Gasteiger charge is -2.10. The molecule has 15 heavy (non-hydrogen) atoms. The Morgan fingerprint density at radius 1 is 1.07 bits per heavy atom. The number of hydrogen-bond donors (Lipinski definition) is 1. The number of hydrogen-bond acceptors (Lipinski definition) is 4. The van der Waals surface area contributed by atoms with Crippen molar-refractivity contribution in [3.8, 4) is 0 Å². The van der Waals surface area contributed by atoms with E-state index < -0.39 is 0 Å². The van der Waals surface area contributed by atoms with Crippen LogP contribution in [0.4, 0.5) is 0 Å². The molecule has 1 atom stereocenters. The van der Waals surface area contributed by atoms with Crippen LogP contribution in [-0.2, 0) is 6.42 Å². The molecule has 0 fully saturated rings. The van der Waals surface area contributed by atoms with Crippen LogP contribution < -0.4 is 5.73 Å². The summed E-state index contributed by atoms with van der Waals surface area (Å²) in [5.74, 6) is 0. The third-order valence-electron chi connectivity index (χ3n) is 2.21. The number of nitrogens with zero attached hydrogens (tertiary/aromatic N) is 3. The zero-order valence-electron chi connectivity index (χ0n) is 8.24. The zero-order valence-corrected chi connectivity index (χ0v) is 8.24. The van der Waals surface area contributed by atoms with Gasteiger partial charge in [0.15, 0.2) is 0 Å². The summed E-state index contributed by atoms with van der Waals surface area (Å²) in [4.78, 5) is 11.8. The lowest BCUT2D eigenvalue weighted by Crippen LogP contribution is -2.13. The molecule has 0 spiro atoms. The van der Waals surface area contributed by atoms with Crippen LogP contribution in [-0.4, -0.2) is 15.0 Å². The van der Waals surface area contributed by atoms with Gasteiger partial charge in [0.2, 0.25) is 0 Å². The van der Waals surface area contributed by atoms with Gasteiger partial charge in [0, 0.05) is 36.4 Å². The molecule has 2 rings (SSSR count). The molecule has 0 amide bonds. The summed E-state index contributed by atoms with van der Waals surface area (Å²) in [6, 6.07) is 3.86. The van der Waals surface area contributed by atoms with Crippen LogP contribution >= 0.6 is 0 Å². The molecule has 1 unspecified atom stereocenters. The van der Waals surface area contributed by atoms with Gasteiger partial charge in [-0.25, -0.2) is 9.97 Å². The highest BCUT2D eigenvalue weighted by molar-refractivity contribution is 5.17. The normalized spacial score (nSPS) is 12.3. The first-order valence-electron chi connectivity index (χ1n) is 4.75. The van der Waals surface area contributed by atoms with Crippen molar-refractivity contribution in [1.82, 2.24) is 15.0 Å². The van der Waals surface area contributed by atoms with E-state index in [0.29, 0.717) is 0 Å². The highest BCUT2D eigenvalue weighted by Gasteiger charge is 2.06. The molecule has 0 aliphatic heterocycles. The van der Waals surface area contributed by atoms with Crippen LogP contribution in [0.1, 0.15) is 17.2 Å². The zero-order chi connectivity index (χ0) is 10.5. The predicted octanol–water partition coefficient (Wildman–Crippen LogP) is 1.11. The molecule has 2 aromatic heterocycles. The van der Waals surface area contributed by atoms with E-state index in [4.69, 9.17) is 5.73 Å². The molecule has 4 nitrogen and oxygen atoms in total. The summed E-state index contributed by atoms with van der Waals surface area (Å²) in [5, 5.41) is 0. The van der Waals surface area contributed by atoms with Crippen molar-refractivity contribution in [2.45, 2.75) is 12.5 Å². The topological polar surface area (TPSA) is 64.7 Å². The van der Waals surface area contributed by atoms with Crippen LogP contribution in [0.3, 0.4) is 0 Å².